The van der Waals surface area contributed by atoms with Crippen molar-refractivity contribution in [2.24, 2.45) is 5.92 Å². The van der Waals surface area contributed by atoms with Crippen molar-refractivity contribution in [1.29, 1.82) is 0 Å². The molecule has 1 heterocycles. The highest BCUT2D eigenvalue weighted by molar-refractivity contribution is 7.89. The number of carbonyl (C=O) groups is 1. The lowest BCUT2D eigenvalue weighted by Gasteiger charge is -2.34. The van der Waals surface area contributed by atoms with Crippen LogP contribution in [0, 0.1) is 5.92 Å². The molecule has 0 radical (unpaired) electrons. The van der Waals surface area contributed by atoms with E-state index in [1.807, 2.05) is 65.6 Å². The van der Waals surface area contributed by atoms with Crippen molar-refractivity contribution in [2.75, 3.05) is 13.1 Å². The summed E-state index contributed by atoms with van der Waals surface area (Å²) in [6.45, 7) is 1.56. The third-order valence-electron chi connectivity index (χ3n) is 5.93. The van der Waals surface area contributed by atoms with Gasteiger partial charge in [0.05, 0.1) is 10.8 Å². The van der Waals surface area contributed by atoms with E-state index in [4.69, 9.17) is 11.6 Å². The second-order valence-corrected chi connectivity index (χ2v) is 10.7. The maximum atomic E-state index is 13.6. The van der Waals surface area contributed by atoms with E-state index >= 15 is 0 Å². The molecule has 1 unspecified atom stereocenters. The van der Waals surface area contributed by atoms with Gasteiger partial charge in [0.15, 0.2) is 0 Å². The Morgan fingerprint density at radius 1 is 0.879 bits per heavy atom. The second kappa shape index (κ2) is 10.5. The Morgan fingerprint density at radius 3 is 1.97 bits per heavy atom. The Labute approximate surface area is 200 Å². The molecule has 33 heavy (non-hydrogen) atoms. The third kappa shape index (κ3) is 5.82. The van der Waals surface area contributed by atoms with Crippen molar-refractivity contribution >= 4 is 27.5 Å². The van der Waals surface area contributed by atoms with Gasteiger partial charge in [0.1, 0.15) is 0 Å². The zero-order valence-corrected chi connectivity index (χ0v) is 19.9. The van der Waals surface area contributed by atoms with Crippen molar-refractivity contribution < 1.29 is 13.2 Å². The molecule has 1 fully saturated rings. The second-order valence-electron chi connectivity index (χ2n) is 8.32. The van der Waals surface area contributed by atoms with Gasteiger partial charge in [-0.05, 0) is 48.2 Å². The summed E-state index contributed by atoms with van der Waals surface area (Å²) in [5.41, 5.74) is 2.09. The minimum absolute atomic E-state index is 0.0151. The van der Waals surface area contributed by atoms with Gasteiger partial charge in [-0.2, -0.15) is 4.31 Å². The van der Waals surface area contributed by atoms with Gasteiger partial charge in [0.25, 0.3) is 0 Å². The highest BCUT2D eigenvalue weighted by Crippen LogP contribution is 2.27. The van der Waals surface area contributed by atoms with Gasteiger partial charge in [-0.25, -0.2) is 8.42 Å². The average molecular weight is 483 g/mol. The van der Waals surface area contributed by atoms with Crippen LogP contribution in [0.3, 0.4) is 0 Å². The molecule has 5 nitrogen and oxygen atoms in total. The van der Waals surface area contributed by atoms with Gasteiger partial charge >= 0.3 is 0 Å². The van der Waals surface area contributed by atoms with Crippen molar-refractivity contribution in [1.82, 2.24) is 9.21 Å². The lowest BCUT2D eigenvalue weighted by molar-refractivity contribution is -0.138. The van der Waals surface area contributed by atoms with E-state index in [1.54, 1.807) is 12.1 Å². The number of benzene rings is 3. The minimum atomic E-state index is -3.68. The van der Waals surface area contributed by atoms with E-state index in [0.717, 1.165) is 11.1 Å². The number of halogens is 1. The van der Waals surface area contributed by atoms with Gasteiger partial charge in [-0.15, -0.1) is 0 Å². The molecule has 172 valence electrons. The van der Waals surface area contributed by atoms with Gasteiger partial charge in [0, 0.05) is 31.2 Å². The maximum Gasteiger partial charge on any atom is 0.243 e. The summed E-state index contributed by atoms with van der Waals surface area (Å²) in [4.78, 5) is 15.7. The van der Waals surface area contributed by atoms with Gasteiger partial charge in [0.2, 0.25) is 15.9 Å². The summed E-state index contributed by atoms with van der Waals surface area (Å²) < 4.78 is 27.8. The van der Waals surface area contributed by atoms with Crippen LogP contribution < -0.4 is 0 Å². The molecule has 1 amide bonds. The Morgan fingerprint density at radius 2 is 1.42 bits per heavy atom. The highest BCUT2D eigenvalue weighted by Gasteiger charge is 2.35. The first-order valence-corrected chi connectivity index (χ1v) is 12.9. The van der Waals surface area contributed by atoms with Crippen molar-refractivity contribution in [3.8, 4) is 0 Å². The van der Waals surface area contributed by atoms with E-state index in [2.05, 4.69) is 0 Å². The van der Waals surface area contributed by atoms with E-state index in [9.17, 15) is 13.2 Å². The molecule has 0 aliphatic carbocycles. The third-order valence-corrected chi connectivity index (χ3v) is 8.06. The molecular weight excluding hydrogens is 456 g/mol. The van der Waals surface area contributed by atoms with Crippen LogP contribution in [-0.4, -0.2) is 36.6 Å². The number of nitrogens with zero attached hydrogens (tertiary/aromatic N) is 2. The Balaban J connectivity index is 1.54. The molecule has 3 aromatic rings. The lowest BCUT2D eigenvalue weighted by Crippen LogP contribution is -2.46. The zero-order chi connectivity index (χ0) is 23.3. The topological polar surface area (TPSA) is 57.7 Å². The first kappa shape index (κ1) is 23.5. The Bertz CT molecular complexity index is 1130. The molecule has 0 saturated carbocycles. The van der Waals surface area contributed by atoms with Crippen LogP contribution in [0.2, 0.25) is 5.02 Å². The molecule has 1 aliphatic heterocycles. The first-order valence-electron chi connectivity index (χ1n) is 11.1. The van der Waals surface area contributed by atoms with Crippen LogP contribution in [0.1, 0.15) is 24.0 Å². The molecule has 4 rings (SSSR count). The summed E-state index contributed by atoms with van der Waals surface area (Å²) in [5.74, 6) is -0.396. The summed E-state index contributed by atoms with van der Waals surface area (Å²) in [5, 5.41) is 0.484. The molecular formula is C26H27ClN2O3S. The molecule has 1 saturated heterocycles. The van der Waals surface area contributed by atoms with Crippen molar-refractivity contribution in [3.05, 3.63) is 101 Å². The van der Waals surface area contributed by atoms with E-state index in [-0.39, 0.29) is 23.3 Å². The summed E-state index contributed by atoms with van der Waals surface area (Å²) in [6, 6.07) is 25.9. The van der Waals surface area contributed by atoms with Crippen LogP contribution in [0.15, 0.2) is 89.8 Å². The molecule has 0 aromatic heterocycles. The molecule has 0 spiro atoms. The van der Waals surface area contributed by atoms with Crippen LogP contribution in [-0.2, 0) is 27.9 Å². The normalized spacial score (nSPS) is 16.9. The fraction of sp³-hybridized carbons (Fsp3) is 0.269. The van der Waals surface area contributed by atoms with Crippen LogP contribution in [0.25, 0.3) is 0 Å². The van der Waals surface area contributed by atoms with Crippen molar-refractivity contribution in [2.45, 2.75) is 30.8 Å². The maximum absolute atomic E-state index is 13.6. The number of hydrogen-bond donors (Lipinski definition) is 0. The van der Waals surface area contributed by atoms with Crippen molar-refractivity contribution in [3.63, 3.8) is 0 Å². The molecule has 3 aromatic carbocycles. The zero-order valence-electron chi connectivity index (χ0n) is 18.3. The smallest absolute Gasteiger partial charge is 0.243 e. The number of sulfonamides is 1. The molecule has 1 aliphatic rings. The fourth-order valence-corrected chi connectivity index (χ4v) is 5.85. The van der Waals surface area contributed by atoms with Crippen LogP contribution in [0.4, 0.5) is 0 Å². The monoisotopic (exact) mass is 482 g/mol. The molecule has 7 heteroatoms. The largest absolute Gasteiger partial charge is 0.334 e. The molecule has 0 bridgehead atoms. The number of amides is 1. The predicted molar refractivity (Wildman–Crippen MR) is 130 cm³/mol. The highest BCUT2D eigenvalue weighted by atomic mass is 35.5. The number of carbonyl (C=O) groups excluding carboxylic acids is 1. The Hall–Kier alpha value is -2.67. The average Bonchev–Trinajstić information content (AvgIpc) is 2.85. The fourth-order valence-electron chi connectivity index (χ4n) is 4.20. The number of piperidine rings is 1. The minimum Gasteiger partial charge on any atom is -0.334 e. The number of hydrogen-bond acceptors (Lipinski definition) is 3. The quantitative estimate of drug-likeness (QED) is 0.477. The van der Waals surface area contributed by atoms with Crippen LogP contribution >= 0.6 is 11.6 Å². The van der Waals surface area contributed by atoms with Gasteiger partial charge < -0.3 is 4.90 Å². The predicted octanol–water partition coefficient (Wildman–Crippen LogP) is 4.97. The SMILES string of the molecule is O=C(C1CCCN(S(=O)(=O)c2ccc(Cl)cc2)C1)N(Cc1ccccc1)Cc1ccccc1. The summed E-state index contributed by atoms with van der Waals surface area (Å²) >= 11 is 5.92. The lowest BCUT2D eigenvalue weighted by atomic mass is 9.97. The summed E-state index contributed by atoms with van der Waals surface area (Å²) in [7, 11) is -3.68. The number of rotatable bonds is 7. The van der Waals surface area contributed by atoms with Gasteiger partial charge in [-0.1, -0.05) is 72.3 Å². The van der Waals surface area contributed by atoms with Crippen LogP contribution in [0.5, 0.6) is 0 Å². The van der Waals surface area contributed by atoms with Gasteiger partial charge in [-0.3, -0.25) is 4.79 Å². The van der Waals surface area contributed by atoms with E-state index < -0.39 is 10.0 Å². The van der Waals surface area contributed by atoms with E-state index in [1.165, 1.54) is 16.4 Å². The van der Waals surface area contributed by atoms with E-state index in [0.29, 0.717) is 37.5 Å². The first-order chi connectivity index (χ1) is 15.9. The molecule has 0 N–H and O–H groups in total. The standard InChI is InChI=1S/C26H27ClN2O3S/c27-24-13-15-25(16-14-24)33(31,32)29-17-7-12-23(20-29)26(30)28(18-21-8-3-1-4-9-21)19-22-10-5-2-6-11-22/h1-6,8-11,13-16,23H,7,12,17-20H2. The Kier molecular flexibility index (Phi) is 7.48. The summed E-state index contributed by atoms with van der Waals surface area (Å²) in [6.07, 6.45) is 1.32. The molecule has 1 atom stereocenters.